The largest absolute Gasteiger partial charge is 0.359 e. The topological polar surface area (TPSA) is 60.2 Å². The molecule has 3 heteroatoms. The molecule has 0 heterocycles. The van der Waals surface area contributed by atoms with Crippen molar-refractivity contribution in [1.29, 1.82) is 0 Å². The van der Waals surface area contributed by atoms with E-state index in [4.69, 9.17) is 5.73 Å². The first kappa shape index (κ1) is 10.4. The number of fused-ring (bicyclic) bond motifs is 1. The highest BCUT2D eigenvalue weighted by molar-refractivity contribution is 5.99. The van der Waals surface area contributed by atoms with Crippen molar-refractivity contribution in [3.8, 4) is 11.8 Å². The summed E-state index contributed by atoms with van der Waals surface area (Å²) in [5, 5.41) is 0. The van der Waals surface area contributed by atoms with Crippen molar-refractivity contribution in [1.82, 2.24) is 0 Å². The Morgan fingerprint density at radius 3 is 2.88 bits per heavy atom. The van der Waals surface area contributed by atoms with Crippen LogP contribution in [-0.4, -0.2) is 11.7 Å². The monoisotopic (exact) mass is 213 g/mol. The standard InChI is InChI=1S/C13H11NO2/c14-13(16)7-5-9-4-6-10-2-1-3-12(15)11(10)8-9/h4,6,8H,1-3H2,(H2,14,16). The number of amides is 1. The fourth-order valence-corrected chi connectivity index (χ4v) is 1.84. The van der Waals surface area contributed by atoms with Crippen molar-refractivity contribution in [3.63, 3.8) is 0 Å². The first-order chi connectivity index (χ1) is 7.66. The Kier molecular flexibility index (Phi) is 2.74. The molecular formula is C13H11NO2. The molecule has 1 aliphatic rings. The van der Waals surface area contributed by atoms with Gasteiger partial charge in [0.25, 0.3) is 5.91 Å². The molecule has 16 heavy (non-hydrogen) atoms. The number of carbonyl (C=O) groups excluding carboxylic acids is 2. The molecule has 1 amide bonds. The molecule has 0 radical (unpaired) electrons. The molecule has 1 aromatic rings. The minimum atomic E-state index is -0.663. The van der Waals surface area contributed by atoms with Crippen LogP contribution in [0.5, 0.6) is 0 Å². The van der Waals surface area contributed by atoms with Crippen LogP contribution in [-0.2, 0) is 11.2 Å². The van der Waals surface area contributed by atoms with Gasteiger partial charge in [-0.25, -0.2) is 0 Å². The molecule has 2 N–H and O–H groups in total. The summed E-state index contributed by atoms with van der Waals surface area (Å²) in [6, 6.07) is 5.46. The van der Waals surface area contributed by atoms with Crippen LogP contribution in [0.3, 0.4) is 0 Å². The Labute approximate surface area is 93.6 Å². The summed E-state index contributed by atoms with van der Waals surface area (Å²) in [6.07, 6.45) is 2.45. The number of primary amides is 1. The molecule has 0 saturated heterocycles. The molecular weight excluding hydrogens is 202 g/mol. The average Bonchev–Trinajstić information content (AvgIpc) is 2.27. The SMILES string of the molecule is NC(=O)C#Cc1ccc2c(c1)C(=O)CCC2. The summed E-state index contributed by atoms with van der Waals surface area (Å²) in [4.78, 5) is 22.1. The predicted octanol–water partition coefficient (Wildman–Crippen LogP) is 1.04. The van der Waals surface area contributed by atoms with Crippen LogP contribution >= 0.6 is 0 Å². The number of hydrogen-bond donors (Lipinski definition) is 1. The first-order valence-corrected chi connectivity index (χ1v) is 5.14. The minimum Gasteiger partial charge on any atom is -0.359 e. The van der Waals surface area contributed by atoms with Gasteiger partial charge in [0.15, 0.2) is 5.78 Å². The molecule has 2 rings (SSSR count). The van der Waals surface area contributed by atoms with Gasteiger partial charge in [0.1, 0.15) is 0 Å². The van der Waals surface area contributed by atoms with E-state index in [1.807, 2.05) is 12.1 Å². The maximum atomic E-state index is 11.6. The third-order valence-corrected chi connectivity index (χ3v) is 2.59. The first-order valence-electron chi connectivity index (χ1n) is 5.14. The van der Waals surface area contributed by atoms with Gasteiger partial charge in [0.2, 0.25) is 0 Å². The quantitative estimate of drug-likeness (QED) is 0.654. The number of rotatable bonds is 0. The van der Waals surface area contributed by atoms with Gasteiger partial charge in [-0.3, -0.25) is 9.59 Å². The summed E-state index contributed by atoms with van der Waals surface area (Å²) >= 11 is 0. The highest BCUT2D eigenvalue weighted by Crippen LogP contribution is 2.21. The van der Waals surface area contributed by atoms with E-state index in [2.05, 4.69) is 11.8 Å². The van der Waals surface area contributed by atoms with Gasteiger partial charge < -0.3 is 5.73 Å². The van der Waals surface area contributed by atoms with E-state index in [1.54, 1.807) is 6.07 Å². The van der Waals surface area contributed by atoms with Crippen LogP contribution in [0.1, 0.15) is 34.3 Å². The molecule has 0 bridgehead atoms. The lowest BCUT2D eigenvalue weighted by molar-refractivity contribution is -0.112. The van der Waals surface area contributed by atoms with Crippen LogP contribution in [0.2, 0.25) is 0 Å². The molecule has 1 aliphatic carbocycles. The predicted molar refractivity (Wildman–Crippen MR) is 59.8 cm³/mol. The van der Waals surface area contributed by atoms with E-state index in [1.165, 1.54) is 0 Å². The third-order valence-electron chi connectivity index (χ3n) is 2.59. The number of carbonyl (C=O) groups is 2. The molecule has 0 aliphatic heterocycles. The summed E-state index contributed by atoms with van der Waals surface area (Å²) < 4.78 is 0. The number of aryl methyl sites for hydroxylation is 1. The van der Waals surface area contributed by atoms with Crippen molar-refractivity contribution in [2.45, 2.75) is 19.3 Å². The molecule has 0 unspecified atom stereocenters. The Bertz CT molecular complexity index is 520. The Morgan fingerprint density at radius 1 is 1.31 bits per heavy atom. The van der Waals surface area contributed by atoms with Gasteiger partial charge in [-0.2, -0.15) is 0 Å². The van der Waals surface area contributed by atoms with Crippen LogP contribution < -0.4 is 5.73 Å². The second kappa shape index (κ2) is 4.19. The highest BCUT2D eigenvalue weighted by atomic mass is 16.1. The van der Waals surface area contributed by atoms with E-state index in [-0.39, 0.29) is 5.78 Å². The summed E-state index contributed by atoms with van der Waals surface area (Å²) in [7, 11) is 0. The lowest BCUT2D eigenvalue weighted by atomic mass is 9.89. The van der Waals surface area contributed by atoms with Crippen molar-refractivity contribution < 1.29 is 9.59 Å². The number of ketones is 1. The van der Waals surface area contributed by atoms with Crippen molar-refractivity contribution in [3.05, 3.63) is 34.9 Å². The van der Waals surface area contributed by atoms with Crippen LogP contribution in [0, 0.1) is 11.8 Å². The van der Waals surface area contributed by atoms with Crippen LogP contribution in [0.25, 0.3) is 0 Å². The van der Waals surface area contributed by atoms with Crippen molar-refractivity contribution in [2.24, 2.45) is 5.73 Å². The second-order valence-corrected chi connectivity index (χ2v) is 3.76. The molecule has 0 spiro atoms. The molecule has 0 saturated carbocycles. The fraction of sp³-hybridized carbons (Fsp3) is 0.231. The van der Waals surface area contributed by atoms with E-state index in [9.17, 15) is 9.59 Å². The molecule has 0 aromatic heterocycles. The van der Waals surface area contributed by atoms with Gasteiger partial charge in [-0.1, -0.05) is 12.0 Å². The average molecular weight is 213 g/mol. The Morgan fingerprint density at radius 2 is 2.12 bits per heavy atom. The minimum absolute atomic E-state index is 0.156. The van der Waals surface area contributed by atoms with E-state index in [0.717, 1.165) is 24.0 Å². The number of benzene rings is 1. The molecule has 3 nitrogen and oxygen atoms in total. The molecule has 80 valence electrons. The normalized spacial score (nSPS) is 13.6. The Balaban J connectivity index is 2.39. The smallest absolute Gasteiger partial charge is 0.293 e. The zero-order valence-electron chi connectivity index (χ0n) is 8.75. The van der Waals surface area contributed by atoms with Gasteiger partial charge in [0, 0.05) is 17.5 Å². The van der Waals surface area contributed by atoms with Crippen molar-refractivity contribution in [2.75, 3.05) is 0 Å². The van der Waals surface area contributed by atoms with E-state index < -0.39 is 5.91 Å². The second-order valence-electron chi connectivity index (χ2n) is 3.76. The van der Waals surface area contributed by atoms with Crippen LogP contribution in [0.15, 0.2) is 18.2 Å². The summed E-state index contributed by atoms with van der Waals surface area (Å²) in [5.74, 6) is 4.39. The van der Waals surface area contributed by atoms with Crippen molar-refractivity contribution >= 4 is 11.7 Å². The maximum Gasteiger partial charge on any atom is 0.293 e. The number of Topliss-reactive ketones (excluding diaryl/α,β-unsaturated/α-hetero) is 1. The van der Waals surface area contributed by atoms with Gasteiger partial charge in [-0.05, 0) is 36.5 Å². The molecule has 0 atom stereocenters. The van der Waals surface area contributed by atoms with Gasteiger partial charge in [0.05, 0.1) is 0 Å². The lowest BCUT2D eigenvalue weighted by Gasteiger charge is -2.14. The van der Waals surface area contributed by atoms with E-state index in [0.29, 0.717) is 12.0 Å². The zero-order valence-corrected chi connectivity index (χ0v) is 8.75. The number of nitrogens with two attached hydrogens (primary N) is 1. The summed E-state index contributed by atoms with van der Waals surface area (Å²) in [5.41, 5.74) is 7.39. The number of hydrogen-bond acceptors (Lipinski definition) is 2. The Hall–Kier alpha value is -2.08. The molecule has 1 aromatic carbocycles. The van der Waals surface area contributed by atoms with Gasteiger partial charge in [-0.15, -0.1) is 0 Å². The zero-order chi connectivity index (χ0) is 11.5. The van der Waals surface area contributed by atoms with Crippen LogP contribution in [0.4, 0.5) is 0 Å². The lowest BCUT2D eigenvalue weighted by Crippen LogP contribution is -2.10. The van der Waals surface area contributed by atoms with Gasteiger partial charge >= 0.3 is 0 Å². The molecule has 0 fully saturated rings. The van der Waals surface area contributed by atoms with E-state index >= 15 is 0 Å². The maximum absolute atomic E-state index is 11.6. The summed E-state index contributed by atoms with van der Waals surface area (Å²) in [6.45, 7) is 0. The fourth-order valence-electron chi connectivity index (χ4n) is 1.84. The third kappa shape index (κ3) is 2.12. The highest BCUT2D eigenvalue weighted by Gasteiger charge is 2.16.